The second kappa shape index (κ2) is 6.17. The number of hydrogen-bond acceptors (Lipinski definition) is 7. The van der Waals surface area contributed by atoms with Gasteiger partial charge < -0.3 is 19.8 Å². The van der Waals surface area contributed by atoms with Crippen LogP contribution in [0, 0.1) is 0 Å². The molecule has 8 nitrogen and oxygen atoms in total. The molecule has 1 aliphatic rings. The lowest BCUT2D eigenvalue weighted by Crippen LogP contribution is -2.16. The minimum absolute atomic E-state index is 0.0946. The fourth-order valence-electron chi connectivity index (χ4n) is 2.49. The van der Waals surface area contributed by atoms with Crippen molar-refractivity contribution in [1.82, 2.24) is 24.9 Å². The molecule has 118 valence electrons. The predicted octanol–water partition coefficient (Wildman–Crippen LogP) is 1.53. The molecule has 1 saturated heterocycles. The SMILES string of the molecule is c1cc(CNc2ncnc3nc[nH]c23)cc(OC2CCOC2)n1. The topological polar surface area (TPSA) is 97.8 Å². The van der Waals surface area contributed by atoms with Gasteiger partial charge in [-0.1, -0.05) is 0 Å². The summed E-state index contributed by atoms with van der Waals surface area (Å²) in [7, 11) is 0. The molecule has 2 N–H and O–H groups in total. The molecule has 1 unspecified atom stereocenters. The van der Waals surface area contributed by atoms with Crippen LogP contribution in [0.4, 0.5) is 5.82 Å². The van der Waals surface area contributed by atoms with Crippen molar-refractivity contribution >= 4 is 17.0 Å². The first-order chi connectivity index (χ1) is 11.4. The summed E-state index contributed by atoms with van der Waals surface area (Å²) >= 11 is 0. The number of aromatic amines is 1. The largest absolute Gasteiger partial charge is 0.472 e. The van der Waals surface area contributed by atoms with Crippen LogP contribution in [0.3, 0.4) is 0 Å². The number of aromatic nitrogens is 5. The van der Waals surface area contributed by atoms with Crippen LogP contribution in [-0.4, -0.2) is 44.2 Å². The maximum absolute atomic E-state index is 5.82. The van der Waals surface area contributed by atoms with Gasteiger partial charge in [-0.2, -0.15) is 0 Å². The Morgan fingerprint density at radius 1 is 1.30 bits per heavy atom. The van der Waals surface area contributed by atoms with E-state index >= 15 is 0 Å². The number of imidazole rings is 1. The van der Waals surface area contributed by atoms with Gasteiger partial charge in [0.05, 0.1) is 19.5 Å². The maximum Gasteiger partial charge on any atom is 0.213 e. The van der Waals surface area contributed by atoms with E-state index in [0.717, 1.165) is 29.9 Å². The van der Waals surface area contributed by atoms with E-state index in [1.807, 2.05) is 12.1 Å². The van der Waals surface area contributed by atoms with E-state index < -0.39 is 0 Å². The lowest BCUT2D eigenvalue weighted by Gasteiger charge is -2.12. The molecule has 0 bridgehead atoms. The zero-order valence-electron chi connectivity index (χ0n) is 12.4. The van der Waals surface area contributed by atoms with Crippen LogP contribution in [0.15, 0.2) is 31.0 Å². The normalized spacial score (nSPS) is 17.5. The Bertz CT molecular complexity index is 799. The molecular weight excluding hydrogens is 296 g/mol. The molecule has 1 aliphatic heterocycles. The first-order valence-corrected chi connectivity index (χ1v) is 7.46. The summed E-state index contributed by atoms with van der Waals surface area (Å²) in [5.41, 5.74) is 2.49. The monoisotopic (exact) mass is 312 g/mol. The molecule has 0 aromatic carbocycles. The summed E-state index contributed by atoms with van der Waals surface area (Å²) in [5, 5.41) is 3.28. The molecule has 8 heteroatoms. The van der Waals surface area contributed by atoms with Crippen LogP contribution < -0.4 is 10.1 Å². The fourth-order valence-corrected chi connectivity index (χ4v) is 2.49. The van der Waals surface area contributed by atoms with Crippen LogP contribution in [0.1, 0.15) is 12.0 Å². The van der Waals surface area contributed by atoms with Crippen LogP contribution in [-0.2, 0) is 11.3 Å². The maximum atomic E-state index is 5.82. The van der Waals surface area contributed by atoms with Crippen molar-refractivity contribution < 1.29 is 9.47 Å². The van der Waals surface area contributed by atoms with E-state index in [0.29, 0.717) is 24.7 Å². The zero-order chi connectivity index (χ0) is 15.5. The average Bonchev–Trinajstić information content (AvgIpc) is 3.24. The zero-order valence-corrected chi connectivity index (χ0v) is 12.4. The van der Waals surface area contributed by atoms with Gasteiger partial charge in [0, 0.05) is 25.2 Å². The highest BCUT2D eigenvalue weighted by Crippen LogP contribution is 2.18. The van der Waals surface area contributed by atoms with Crippen LogP contribution in [0.5, 0.6) is 5.88 Å². The van der Waals surface area contributed by atoms with Crippen LogP contribution >= 0.6 is 0 Å². The van der Waals surface area contributed by atoms with E-state index in [2.05, 4.69) is 30.2 Å². The Labute approximate surface area is 132 Å². The summed E-state index contributed by atoms with van der Waals surface area (Å²) in [5.74, 6) is 1.34. The van der Waals surface area contributed by atoms with Crippen LogP contribution in [0.25, 0.3) is 11.2 Å². The van der Waals surface area contributed by atoms with E-state index in [9.17, 15) is 0 Å². The van der Waals surface area contributed by atoms with Gasteiger partial charge in [-0.25, -0.2) is 19.9 Å². The number of nitrogens with zero attached hydrogens (tertiary/aromatic N) is 4. The molecule has 0 amide bonds. The number of hydrogen-bond donors (Lipinski definition) is 2. The Morgan fingerprint density at radius 2 is 2.30 bits per heavy atom. The van der Waals surface area contributed by atoms with Gasteiger partial charge in [0.15, 0.2) is 11.5 Å². The van der Waals surface area contributed by atoms with E-state index in [1.54, 1.807) is 12.5 Å². The molecule has 0 radical (unpaired) electrons. The van der Waals surface area contributed by atoms with E-state index in [4.69, 9.17) is 9.47 Å². The highest BCUT2D eigenvalue weighted by Gasteiger charge is 2.17. The van der Waals surface area contributed by atoms with Crippen molar-refractivity contribution in [3.63, 3.8) is 0 Å². The predicted molar refractivity (Wildman–Crippen MR) is 83.1 cm³/mol. The average molecular weight is 312 g/mol. The van der Waals surface area contributed by atoms with E-state index in [1.165, 1.54) is 6.33 Å². The standard InChI is InChI=1S/C15H16N6O2/c1-3-16-12(23-11-2-4-22-7-11)5-10(1)6-17-14-13-15(19-8-18-13)21-9-20-14/h1,3,5,8-9,11H,2,4,6-7H2,(H2,17,18,19,20,21). The molecule has 0 spiro atoms. The molecule has 3 aromatic heterocycles. The fraction of sp³-hybridized carbons (Fsp3) is 0.333. The summed E-state index contributed by atoms with van der Waals surface area (Å²) < 4.78 is 11.1. The van der Waals surface area contributed by atoms with Crippen molar-refractivity contribution in [2.24, 2.45) is 0 Å². The number of H-pyrrole nitrogens is 1. The number of pyridine rings is 1. The number of fused-ring (bicyclic) bond motifs is 1. The number of anilines is 1. The number of rotatable bonds is 5. The second-order valence-corrected chi connectivity index (χ2v) is 5.28. The third-order valence-corrected chi connectivity index (χ3v) is 3.66. The third-order valence-electron chi connectivity index (χ3n) is 3.66. The van der Waals surface area contributed by atoms with Gasteiger partial charge in [-0.15, -0.1) is 0 Å². The lowest BCUT2D eigenvalue weighted by atomic mass is 10.2. The molecule has 1 fully saturated rings. The highest BCUT2D eigenvalue weighted by atomic mass is 16.5. The smallest absolute Gasteiger partial charge is 0.213 e. The molecule has 1 atom stereocenters. The minimum atomic E-state index is 0.0946. The van der Waals surface area contributed by atoms with Crippen molar-refractivity contribution in [3.05, 3.63) is 36.5 Å². The molecule has 0 aliphatic carbocycles. The third kappa shape index (κ3) is 3.07. The second-order valence-electron chi connectivity index (χ2n) is 5.28. The highest BCUT2D eigenvalue weighted by molar-refractivity contribution is 5.81. The Kier molecular flexibility index (Phi) is 3.73. The summed E-state index contributed by atoms with van der Waals surface area (Å²) in [6.07, 6.45) is 5.84. The van der Waals surface area contributed by atoms with Crippen LogP contribution in [0.2, 0.25) is 0 Å². The first-order valence-electron chi connectivity index (χ1n) is 7.46. The molecule has 23 heavy (non-hydrogen) atoms. The van der Waals surface area contributed by atoms with Gasteiger partial charge in [0.2, 0.25) is 5.88 Å². The first kappa shape index (κ1) is 13.9. The lowest BCUT2D eigenvalue weighted by molar-refractivity contribution is 0.138. The molecule has 3 aromatic rings. The van der Waals surface area contributed by atoms with Crippen molar-refractivity contribution in [2.75, 3.05) is 18.5 Å². The summed E-state index contributed by atoms with van der Waals surface area (Å²) in [6.45, 7) is 1.98. The van der Waals surface area contributed by atoms with Gasteiger partial charge >= 0.3 is 0 Å². The van der Waals surface area contributed by atoms with Crippen molar-refractivity contribution in [2.45, 2.75) is 19.1 Å². The van der Waals surface area contributed by atoms with Gasteiger partial charge in [0.1, 0.15) is 17.9 Å². The Hall–Kier alpha value is -2.74. The van der Waals surface area contributed by atoms with Gasteiger partial charge in [-0.05, 0) is 11.6 Å². The Balaban J connectivity index is 1.45. The number of nitrogens with one attached hydrogen (secondary N) is 2. The van der Waals surface area contributed by atoms with Crippen molar-refractivity contribution in [1.29, 1.82) is 0 Å². The molecular formula is C15H16N6O2. The Morgan fingerprint density at radius 3 is 3.22 bits per heavy atom. The molecule has 4 heterocycles. The van der Waals surface area contributed by atoms with Gasteiger partial charge in [0.25, 0.3) is 0 Å². The molecule has 4 rings (SSSR count). The van der Waals surface area contributed by atoms with E-state index in [-0.39, 0.29) is 6.10 Å². The summed E-state index contributed by atoms with van der Waals surface area (Å²) in [4.78, 5) is 19.7. The van der Waals surface area contributed by atoms with Crippen molar-refractivity contribution in [3.8, 4) is 5.88 Å². The quantitative estimate of drug-likeness (QED) is 0.737. The van der Waals surface area contributed by atoms with Gasteiger partial charge in [-0.3, -0.25) is 0 Å². The minimum Gasteiger partial charge on any atom is -0.472 e. The number of ether oxygens (including phenoxy) is 2. The molecule has 0 saturated carbocycles. The summed E-state index contributed by atoms with van der Waals surface area (Å²) in [6, 6.07) is 3.87.